The largest absolute Gasteiger partial charge is 0.493 e. The van der Waals surface area contributed by atoms with Crippen molar-refractivity contribution < 1.29 is 19.1 Å². The van der Waals surface area contributed by atoms with Gasteiger partial charge >= 0.3 is 0 Å². The average Bonchev–Trinajstić information content (AvgIpc) is 3.16. The quantitative estimate of drug-likeness (QED) is 0.157. The van der Waals surface area contributed by atoms with Crippen molar-refractivity contribution in [2.45, 2.75) is 20.1 Å². The molecule has 37 heavy (non-hydrogen) atoms. The molecule has 0 saturated carbocycles. The molecule has 1 saturated heterocycles. The molecule has 2 amide bonds. The summed E-state index contributed by atoms with van der Waals surface area (Å²) in [6, 6.07) is 25.8. The van der Waals surface area contributed by atoms with Gasteiger partial charge in [-0.15, -0.1) is 0 Å². The number of rotatable bonds is 7. The molecule has 186 valence electrons. The second-order valence-electron chi connectivity index (χ2n) is 8.71. The van der Waals surface area contributed by atoms with E-state index in [0.29, 0.717) is 23.0 Å². The van der Waals surface area contributed by atoms with Crippen molar-refractivity contribution in [2.24, 2.45) is 0 Å². The Balaban J connectivity index is 1.36. The van der Waals surface area contributed by atoms with E-state index >= 15 is 0 Å². The molecule has 0 unspecified atom stereocenters. The molecule has 1 aliphatic heterocycles. The molecule has 7 heteroatoms. The molecule has 0 atom stereocenters. The minimum Gasteiger partial charge on any atom is -0.493 e. The normalized spacial score (nSPS) is 14.6. The lowest BCUT2D eigenvalue weighted by atomic mass is 10.0. The number of fused-ring (bicyclic) bond motifs is 1. The Hall–Kier alpha value is -3.30. The van der Waals surface area contributed by atoms with Gasteiger partial charge in [-0.3, -0.25) is 14.5 Å². The van der Waals surface area contributed by atoms with E-state index in [1.807, 2.05) is 73.7 Å². The van der Waals surface area contributed by atoms with E-state index < -0.39 is 0 Å². The van der Waals surface area contributed by atoms with E-state index in [-0.39, 0.29) is 17.7 Å². The Labute approximate surface area is 233 Å². The van der Waals surface area contributed by atoms with Crippen molar-refractivity contribution in [3.8, 4) is 11.5 Å². The van der Waals surface area contributed by atoms with E-state index in [2.05, 4.69) is 34.7 Å². The molecule has 1 fully saturated rings. The Bertz CT molecular complexity index is 1530. The number of hydrogen-bond donors (Lipinski definition) is 0. The van der Waals surface area contributed by atoms with Crippen LogP contribution < -0.4 is 9.47 Å². The number of carbonyl (C=O) groups is 2. The summed E-state index contributed by atoms with van der Waals surface area (Å²) in [7, 11) is 1.59. The number of benzene rings is 4. The zero-order chi connectivity index (χ0) is 25.9. The van der Waals surface area contributed by atoms with Crippen molar-refractivity contribution in [1.82, 2.24) is 4.90 Å². The fourth-order valence-electron chi connectivity index (χ4n) is 4.19. The zero-order valence-electron chi connectivity index (χ0n) is 20.4. The third-order valence-corrected chi connectivity index (χ3v) is 7.84. The van der Waals surface area contributed by atoms with Gasteiger partial charge in [0.2, 0.25) is 0 Å². The number of amides is 2. The Kier molecular flexibility index (Phi) is 7.53. The maximum Gasteiger partial charge on any atom is 0.293 e. The lowest BCUT2D eigenvalue weighted by Crippen LogP contribution is -2.27. The Morgan fingerprint density at radius 2 is 1.73 bits per heavy atom. The van der Waals surface area contributed by atoms with Crippen molar-refractivity contribution in [2.75, 3.05) is 7.11 Å². The first-order valence-electron chi connectivity index (χ1n) is 11.7. The van der Waals surface area contributed by atoms with Crippen molar-refractivity contribution >= 4 is 62.3 Å². The zero-order valence-corrected chi connectivity index (χ0v) is 23.3. The first-order chi connectivity index (χ1) is 17.9. The van der Waals surface area contributed by atoms with Gasteiger partial charge in [0.05, 0.1) is 22.1 Å². The van der Waals surface area contributed by atoms with Gasteiger partial charge < -0.3 is 9.47 Å². The van der Waals surface area contributed by atoms with Crippen molar-refractivity contribution in [3.63, 3.8) is 0 Å². The highest BCUT2D eigenvalue weighted by Gasteiger charge is 2.35. The van der Waals surface area contributed by atoms with Crippen LogP contribution in [0.15, 0.2) is 83.8 Å². The van der Waals surface area contributed by atoms with E-state index in [0.717, 1.165) is 42.8 Å². The summed E-state index contributed by atoms with van der Waals surface area (Å²) in [6.45, 7) is 2.70. The molecule has 0 spiro atoms. The number of ether oxygens (including phenoxy) is 2. The highest BCUT2D eigenvalue weighted by molar-refractivity contribution is 14.1. The molecule has 5 nitrogen and oxygen atoms in total. The van der Waals surface area contributed by atoms with E-state index in [1.54, 1.807) is 13.2 Å². The number of imide groups is 1. The maximum absolute atomic E-state index is 13.2. The molecule has 0 radical (unpaired) electrons. The monoisotopic (exact) mass is 621 g/mol. The highest BCUT2D eigenvalue weighted by atomic mass is 127. The van der Waals surface area contributed by atoms with Gasteiger partial charge in [0.25, 0.3) is 11.1 Å². The molecule has 4 aromatic carbocycles. The van der Waals surface area contributed by atoms with Crippen molar-refractivity contribution in [3.05, 3.63) is 110 Å². The summed E-state index contributed by atoms with van der Waals surface area (Å²) >= 11 is 3.16. The standard InChI is InChI=1S/C30H24INO4S/c1-19-10-12-20(13-11-19)18-36-28-25(31)14-21(15-26(28)35-2)16-27-29(33)32(30(34)37-27)17-23-8-5-7-22-6-3-4-9-24(22)23/h3-16H,17-18H2,1-2H3/b27-16-. The molecule has 0 aliphatic carbocycles. The third kappa shape index (κ3) is 5.52. The smallest absolute Gasteiger partial charge is 0.293 e. The SMILES string of the molecule is COc1cc(/C=C2\SC(=O)N(Cc3cccc4ccccc34)C2=O)cc(I)c1OCc1ccc(C)cc1. The van der Waals surface area contributed by atoms with E-state index in [9.17, 15) is 9.59 Å². The summed E-state index contributed by atoms with van der Waals surface area (Å²) in [4.78, 5) is 27.7. The Morgan fingerprint density at radius 1 is 0.973 bits per heavy atom. The lowest BCUT2D eigenvalue weighted by Gasteiger charge is -2.15. The number of nitrogens with zero attached hydrogens (tertiary/aromatic N) is 1. The van der Waals surface area contributed by atoms with Crippen LogP contribution in [-0.2, 0) is 17.9 Å². The van der Waals surface area contributed by atoms with Gasteiger partial charge in [0, 0.05) is 0 Å². The summed E-state index contributed by atoms with van der Waals surface area (Å²) in [5.41, 5.74) is 3.96. The first-order valence-corrected chi connectivity index (χ1v) is 13.6. The second kappa shape index (κ2) is 11.0. The van der Waals surface area contributed by atoms with Gasteiger partial charge in [-0.25, -0.2) is 0 Å². The van der Waals surface area contributed by atoms with Gasteiger partial charge in [-0.2, -0.15) is 0 Å². The molecule has 4 aromatic rings. The van der Waals surface area contributed by atoms with Crippen LogP contribution >= 0.6 is 34.4 Å². The molecule has 5 rings (SSSR count). The fraction of sp³-hybridized carbons (Fsp3) is 0.133. The second-order valence-corrected chi connectivity index (χ2v) is 10.9. The van der Waals surface area contributed by atoms with Gasteiger partial charge in [-0.1, -0.05) is 72.3 Å². The predicted molar refractivity (Wildman–Crippen MR) is 157 cm³/mol. The topological polar surface area (TPSA) is 55.8 Å². The average molecular weight is 621 g/mol. The predicted octanol–water partition coefficient (Wildman–Crippen LogP) is 7.58. The van der Waals surface area contributed by atoms with Gasteiger partial charge in [0.15, 0.2) is 11.5 Å². The molecule has 1 aliphatic rings. The van der Waals surface area contributed by atoms with Crippen LogP contribution in [0, 0.1) is 10.5 Å². The minimum atomic E-state index is -0.295. The summed E-state index contributed by atoms with van der Waals surface area (Å²) in [5.74, 6) is 0.918. The van der Waals surface area contributed by atoms with Crippen LogP contribution in [0.4, 0.5) is 4.79 Å². The van der Waals surface area contributed by atoms with Crippen molar-refractivity contribution in [1.29, 1.82) is 0 Å². The van der Waals surface area contributed by atoms with Crippen LogP contribution in [-0.4, -0.2) is 23.2 Å². The van der Waals surface area contributed by atoms with Crippen LogP contribution in [0.2, 0.25) is 0 Å². The van der Waals surface area contributed by atoms with Crippen LogP contribution in [0.1, 0.15) is 22.3 Å². The number of carbonyl (C=O) groups excluding carboxylic acids is 2. The fourth-order valence-corrected chi connectivity index (χ4v) is 5.81. The molecular formula is C30H24INO4S. The van der Waals surface area contributed by atoms with Gasteiger partial charge in [-0.05, 0) is 86.9 Å². The summed E-state index contributed by atoms with van der Waals surface area (Å²) in [5, 5.41) is 1.84. The number of methoxy groups -OCH3 is 1. The number of hydrogen-bond acceptors (Lipinski definition) is 5. The number of halogens is 1. The summed E-state index contributed by atoms with van der Waals surface area (Å²) < 4.78 is 12.5. The Morgan fingerprint density at radius 3 is 2.51 bits per heavy atom. The third-order valence-electron chi connectivity index (χ3n) is 6.14. The molecule has 0 N–H and O–H groups in total. The van der Waals surface area contributed by atoms with E-state index in [4.69, 9.17) is 9.47 Å². The molecular weight excluding hydrogens is 597 g/mol. The molecule has 1 heterocycles. The molecule has 0 bridgehead atoms. The minimum absolute atomic E-state index is 0.232. The number of thioether (sulfide) groups is 1. The van der Waals surface area contributed by atoms with Crippen LogP contribution in [0.25, 0.3) is 16.8 Å². The number of aryl methyl sites for hydroxylation is 1. The molecule has 0 aromatic heterocycles. The van der Waals surface area contributed by atoms with Crippen LogP contribution in [0.3, 0.4) is 0 Å². The summed E-state index contributed by atoms with van der Waals surface area (Å²) in [6.07, 6.45) is 1.74. The highest BCUT2D eigenvalue weighted by Crippen LogP contribution is 2.38. The van der Waals surface area contributed by atoms with Crippen LogP contribution in [0.5, 0.6) is 11.5 Å². The first kappa shape index (κ1) is 25.4. The van der Waals surface area contributed by atoms with Gasteiger partial charge in [0.1, 0.15) is 6.61 Å². The lowest BCUT2D eigenvalue weighted by molar-refractivity contribution is -0.123. The van der Waals surface area contributed by atoms with E-state index in [1.165, 1.54) is 10.5 Å². The maximum atomic E-state index is 13.2.